The molecule has 1 atom stereocenters. The Labute approximate surface area is 111 Å². The van der Waals surface area contributed by atoms with E-state index in [-0.39, 0.29) is 6.10 Å². The summed E-state index contributed by atoms with van der Waals surface area (Å²) in [6.07, 6.45) is 0.607. The number of aromatic amines is 1. The van der Waals surface area contributed by atoms with Crippen LogP contribution in [-0.4, -0.2) is 30.9 Å². The summed E-state index contributed by atoms with van der Waals surface area (Å²) in [6, 6.07) is 1.12. The fourth-order valence-electron chi connectivity index (χ4n) is 1.27. The van der Waals surface area contributed by atoms with Crippen molar-refractivity contribution in [2.45, 2.75) is 38.7 Å². The highest BCUT2D eigenvalue weighted by Gasteiger charge is 2.16. The predicted octanol–water partition coefficient (Wildman–Crippen LogP) is 3.40. The van der Waals surface area contributed by atoms with Crippen LogP contribution in [0.1, 0.15) is 29.3 Å². The molecule has 1 rings (SSSR count). The van der Waals surface area contributed by atoms with E-state index in [0.29, 0.717) is 16.1 Å². The Bertz CT molecular complexity index is 387. The van der Waals surface area contributed by atoms with Gasteiger partial charge >= 0.3 is 0 Å². The van der Waals surface area contributed by atoms with Gasteiger partial charge in [-0.05, 0) is 28.9 Å². The molecule has 0 saturated carbocycles. The molecule has 1 heterocycles. The molecule has 6 heteroatoms. The topological polar surface area (TPSA) is 55.0 Å². The normalized spacial score (nSPS) is 13.7. The zero-order valence-electron chi connectivity index (χ0n) is 10.7. The second-order valence-electron chi connectivity index (χ2n) is 5.26. The van der Waals surface area contributed by atoms with Gasteiger partial charge < -0.3 is 9.72 Å². The number of carbonyl (C=O) groups excluding carboxylic acids is 1. The SMILES string of the molecule is CC(OCC[Si](C)(C)C)c1nc(C=O)c(Br)[nH]1. The summed E-state index contributed by atoms with van der Waals surface area (Å²) >= 11 is 3.25. The van der Waals surface area contributed by atoms with Gasteiger partial charge in [0.1, 0.15) is 22.2 Å². The first-order valence-corrected chi connectivity index (χ1v) is 10.2. The van der Waals surface area contributed by atoms with Crippen LogP contribution in [0.5, 0.6) is 0 Å². The highest BCUT2D eigenvalue weighted by Crippen LogP contribution is 2.20. The summed E-state index contributed by atoms with van der Waals surface area (Å²) < 4.78 is 6.34. The molecule has 0 fully saturated rings. The van der Waals surface area contributed by atoms with Crippen molar-refractivity contribution in [3.8, 4) is 0 Å². The van der Waals surface area contributed by atoms with Crippen LogP contribution in [0.3, 0.4) is 0 Å². The third-order valence-corrected chi connectivity index (χ3v) is 4.73. The second kappa shape index (κ2) is 5.93. The zero-order chi connectivity index (χ0) is 13.1. The largest absolute Gasteiger partial charge is 0.371 e. The van der Waals surface area contributed by atoms with Crippen molar-refractivity contribution in [3.63, 3.8) is 0 Å². The van der Waals surface area contributed by atoms with Crippen LogP contribution in [0.15, 0.2) is 4.60 Å². The number of hydrogen-bond donors (Lipinski definition) is 1. The highest BCUT2D eigenvalue weighted by molar-refractivity contribution is 9.10. The predicted molar refractivity (Wildman–Crippen MR) is 74.2 cm³/mol. The molecular weight excluding hydrogens is 300 g/mol. The van der Waals surface area contributed by atoms with Gasteiger partial charge in [-0.3, -0.25) is 4.79 Å². The molecule has 0 aliphatic heterocycles. The van der Waals surface area contributed by atoms with Crippen molar-refractivity contribution < 1.29 is 9.53 Å². The Morgan fingerprint density at radius 2 is 2.18 bits per heavy atom. The lowest BCUT2D eigenvalue weighted by atomic mass is 10.4. The van der Waals surface area contributed by atoms with E-state index in [2.05, 4.69) is 45.5 Å². The number of halogens is 1. The molecule has 1 N–H and O–H groups in total. The van der Waals surface area contributed by atoms with E-state index in [1.165, 1.54) is 0 Å². The Morgan fingerprint density at radius 3 is 2.65 bits per heavy atom. The molecular formula is C11H19BrN2O2Si. The standard InChI is InChI=1S/C11H19BrN2O2Si/c1-8(16-5-6-17(2,3)4)11-13-9(7-15)10(12)14-11/h7-8H,5-6H2,1-4H3,(H,13,14). The maximum absolute atomic E-state index is 10.7. The van der Waals surface area contributed by atoms with Crippen molar-refractivity contribution in [2.24, 2.45) is 0 Å². The molecule has 1 unspecified atom stereocenters. The minimum atomic E-state index is -1.06. The number of ether oxygens (including phenoxy) is 1. The van der Waals surface area contributed by atoms with Crippen LogP contribution in [0.25, 0.3) is 0 Å². The number of nitrogens with one attached hydrogen (secondary N) is 1. The van der Waals surface area contributed by atoms with Gasteiger partial charge in [0, 0.05) is 14.7 Å². The van der Waals surface area contributed by atoms with Gasteiger partial charge in [0.15, 0.2) is 6.29 Å². The van der Waals surface area contributed by atoms with Crippen molar-refractivity contribution in [1.29, 1.82) is 0 Å². The van der Waals surface area contributed by atoms with E-state index in [1.54, 1.807) is 0 Å². The van der Waals surface area contributed by atoms with Gasteiger partial charge in [-0.2, -0.15) is 0 Å². The monoisotopic (exact) mass is 318 g/mol. The Balaban J connectivity index is 2.52. The summed E-state index contributed by atoms with van der Waals surface area (Å²) in [5, 5.41) is 0. The molecule has 1 aromatic rings. The van der Waals surface area contributed by atoms with Crippen molar-refractivity contribution in [3.05, 3.63) is 16.1 Å². The molecule has 17 heavy (non-hydrogen) atoms. The number of carbonyl (C=O) groups is 1. The zero-order valence-corrected chi connectivity index (χ0v) is 13.3. The van der Waals surface area contributed by atoms with E-state index >= 15 is 0 Å². The van der Waals surface area contributed by atoms with E-state index in [4.69, 9.17) is 4.74 Å². The minimum absolute atomic E-state index is 0.114. The van der Waals surface area contributed by atoms with Crippen LogP contribution >= 0.6 is 15.9 Å². The first-order valence-electron chi connectivity index (χ1n) is 5.65. The lowest BCUT2D eigenvalue weighted by Gasteiger charge is -2.17. The average Bonchev–Trinajstić information content (AvgIpc) is 2.57. The van der Waals surface area contributed by atoms with E-state index in [9.17, 15) is 4.79 Å². The summed E-state index contributed by atoms with van der Waals surface area (Å²) in [4.78, 5) is 17.8. The minimum Gasteiger partial charge on any atom is -0.371 e. The van der Waals surface area contributed by atoms with Crippen LogP contribution < -0.4 is 0 Å². The maximum Gasteiger partial charge on any atom is 0.171 e. The van der Waals surface area contributed by atoms with E-state index in [0.717, 1.165) is 18.9 Å². The summed E-state index contributed by atoms with van der Waals surface area (Å²) in [7, 11) is -1.06. The molecule has 0 spiro atoms. The molecule has 1 aromatic heterocycles. The molecule has 96 valence electrons. The molecule has 0 aliphatic rings. The number of nitrogens with zero attached hydrogens (tertiary/aromatic N) is 1. The Morgan fingerprint density at radius 1 is 1.53 bits per heavy atom. The van der Waals surface area contributed by atoms with Crippen LogP contribution in [-0.2, 0) is 4.74 Å². The molecule has 0 amide bonds. The number of imidazole rings is 1. The third-order valence-electron chi connectivity index (χ3n) is 2.42. The third kappa shape index (κ3) is 4.73. The van der Waals surface area contributed by atoms with Crippen molar-refractivity contribution in [2.75, 3.05) is 6.61 Å². The molecule has 0 radical (unpaired) electrons. The average molecular weight is 319 g/mol. The van der Waals surface area contributed by atoms with Crippen LogP contribution in [0.4, 0.5) is 0 Å². The molecule has 0 aliphatic carbocycles. The Hall–Kier alpha value is -0.463. The highest BCUT2D eigenvalue weighted by atomic mass is 79.9. The Kier molecular flexibility index (Phi) is 5.09. The van der Waals surface area contributed by atoms with Gasteiger partial charge in [0.05, 0.1) is 0 Å². The van der Waals surface area contributed by atoms with Gasteiger partial charge in [0.2, 0.25) is 0 Å². The number of H-pyrrole nitrogens is 1. The van der Waals surface area contributed by atoms with Gasteiger partial charge in [-0.1, -0.05) is 19.6 Å². The fourth-order valence-corrected chi connectivity index (χ4v) is 2.39. The van der Waals surface area contributed by atoms with Crippen LogP contribution in [0.2, 0.25) is 25.7 Å². The lowest BCUT2D eigenvalue weighted by molar-refractivity contribution is 0.0700. The number of aldehydes is 1. The summed E-state index contributed by atoms with van der Waals surface area (Å²) in [5.74, 6) is 0.689. The molecule has 0 bridgehead atoms. The maximum atomic E-state index is 10.7. The van der Waals surface area contributed by atoms with Crippen molar-refractivity contribution >= 4 is 30.3 Å². The van der Waals surface area contributed by atoms with Crippen molar-refractivity contribution in [1.82, 2.24) is 9.97 Å². The molecule has 0 saturated heterocycles. The smallest absolute Gasteiger partial charge is 0.171 e. The lowest BCUT2D eigenvalue weighted by Crippen LogP contribution is -2.22. The quantitative estimate of drug-likeness (QED) is 0.646. The first-order chi connectivity index (χ1) is 7.83. The number of rotatable bonds is 6. The summed E-state index contributed by atoms with van der Waals surface area (Å²) in [6.45, 7) is 9.62. The second-order valence-corrected chi connectivity index (χ2v) is 11.7. The first kappa shape index (κ1) is 14.6. The molecule has 0 aromatic carbocycles. The fraction of sp³-hybridized carbons (Fsp3) is 0.636. The number of aromatic nitrogens is 2. The summed E-state index contributed by atoms with van der Waals surface area (Å²) in [5.41, 5.74) is 0.389. The van der Waals surface area contributed by atoms with Crippen LogP contribution in [0, 0.1) is 0 Å². The van der Waals surface area contributed by atoms with E-state index in [1.807, 2.05) is 6.92 Å². The molecule has 4 nitrogen and oxygen atoms in total. The van der Waals surface area contributed by atoms with Gasteiger partial charge in [-0.25, -0.2) is 4.98 Å². The number of hydrogen-bond acceptors (Lipinski definition) is 3. The van der Waals surface area contributed by atoms with Gasteiger partial charge in [0.25, 0.3) is 0 Å². The van der Waals surface area contributed by atoms with E-state index < -0.39 is 8.07 Å². The van der Waals surface area contributed by atoms with Gasteiger partial charge in [-0.15, -0.1) is 0 Å².